The molecule has 3 unspecified atom stereocenters. The van der Waals surface area contributed by atoms with Gasteiger partial charge < -0.3 is 5.32 Å². The van der Waals surface area contributed by atoms with Crippen LogP contribution >= 0.6 is 11.6 Å². The van der Waals surface area contributed by atoms with E-state index in [2.05, 4.69) is 10.4 Å². The van der Waals surface area contributed by atoms with Crippen molar-refractivity contribution in [3.63, 3.8) is 0 Å². The minimum Gasteiger partial charge on any atom is -0.380 e. The quantitative estimate of drug-likeness (QED) is 0.563. The molecular weight excluding hydrogens is 404 g/mol. The average Bonchev–Trinajstić information content (AvgIpc) is 2.71. The first-order valence-corrected chi connectivity index (χ1v) is 10.8. The normalized spacial score (nSPS) is 20.5. The van der Waals surface area contributed by atoms with Crippen molar-refractivity contribution in [1.29, 1.82) is 0 Å². The Labute approximate surface area is 169 Å². The summed E-state index contributed by atoms with van der Waals surface area (Å²) in [6.07, 6.45) is 5.08. The predicted molar refractivity (Wildman–Crippen MR) is 110 cm³/mol. The summed E-state index contributed by atoms with van der Waals surface area (Å²) in [4.78, 5) is 22.9. The molecule has 0 bridgehead atoms. The fourth-order valence-electron chi connectivity index (χ4n) is 3.40. The van der Waals surface area contributed by atoms with Gasteiger partial charge >= 0.3 is 0 Å². The molecule has 8 nitrogen and oxygen atoms in total. The molecule has 0 spiro atoms. The zero-order chi connectivity index (χ0) is 20.3. The van der Waals surface area contributed by atoms with Crippen molar-refractivity contribution in [3.05, 3.63) is 56.0 Å². The van der Waals surface area contributed by atoms with Crippen molar-refractivity contribution in [2.24, 2.45) is 0 Å². The molecule has 1 heterocycles. The molecule has 1 fully saturated rings. The largest absolute Gasteiger partial charge is 0.380 e. The molecule has 0 radical (unpaired) electrons. The molecule has 2 aromatic rings. The maximum atomic E-state index is 12.6. The van der Waals surface area contributed by atoms with Crippen LogP contribution in [0.2, 0.25) is 5.02 Å². The fraction of sp³-hybridized carbons (Fsp3) is 0.444. The van der Waals surface area contributed by atoms with Gasteiger partial charge in [-0.1, -0.05) is 24.9 Å². The second-order valence-electron chi connectivity index (χ2n) is 6.66. The maximum Gasteiger partial charge on any atom is 0.292 e. The number of non-ortho nitro benzene ring substituents is 1. The van der Waals surface area contributed by atoms with Crippen molar-refractivity contribution in [3.8, 4) is 5.69 Å². The SMILES string of the molecule is CCS(=O)C1CCCC(Nc2cnn(-c3ccc([N+](=O)[O-])cc3)c(=O)c2Cl)C1. The predicted octanol–water partition coefficient (Wildman–Crippen LogP) is 3.29. The van der Waals surface area contributed by atoms with Crippen LogP contribution in [0.3, 0.4) is 0 Å². The number of halogens is 1. The van der Waals surface area contributed by atoms with Crippen LogP contribution in [0.4, 0.5) is 11.4 Å². The lowest BCUT2D eigenvalue weighted by atomic mass is 9.95. The Bertz CT molecular complexity index is 948. The van der Waals surface area contributed by atoms with E-state index in [9.17, 15) is 19.1 Å². The molecular formula is C18H21ClN4O4S. The van der Waals surface area contributed by atoms with Crippen LogP contribution in [0.5, 0.6) is 0 Å². The van der Waals surface area contributed by atoms with Crippen molar-refractivity contribution in [2.45, 2.75) is 43.9 Å². The highest BCUT2D eigenvalue weighted by molar-refractivity contribution is 7.85. The number of rotatable bonds is 6. The molecule has 1 saturated carbocycles. The van der Waals surface area contributed by atoms with Gasteiger partial charge in [0.25, 0.3) is 11.2 Å². The summed E-state index contributed by atoms with van der Waals surface area (Å²) < 4.78 is 13.2. The Hall–Kier alpha value is -2.26. The third-order valence-corrected chi connectivity index (χ3v) is 6.97. The molecule has 10 heteroatoms. The fourth-order valence-corrected chi connectivity index (χ4v) is 4.93. The van der Waals surface area contributed by atoms with Crippen molar-refractivity contribution < 1.29 is 9.13 Å². The Balaban J connectivity index is 1.79. The number of nitrogens with zero attached hydrogens (tertiary/aromatic N) is 3. The summed E-state index contributed by atoms with van der Waals surface area (Å²) in [6.45, 7) is 1.92. The highest BCUT2D eigenvalue weighted by atomic mass is 35.5. The van der Waals surface area contributed by atoms with E-state index in [1.165, 1.54) is 30.5 Å². The Kier molecular flexibility index (Phi) is 6.46. The first kappa shape index (κ1) is 20.5. The lowest BCUT2D eigenvalue weighted by molar-refractivity contribution is -0.384. The molecule has 1 aliphatic rings. The van der Waals surface area contributed by atoms with Gasteiger partial charge in [0.05, 0.1) is 22.5 Å². The monoisotopic (exact) mass is 424 g/mol. The van der Waals surface area contributed by atoms with Crippen LogP contribution in [0.25, 0.3) is 5.69 Å². The van der Waals surface area contributed by atoms with Crippen molar-refractivity contribution in [2.75, 3.05) is 11.1 Å². The van der Waals surface area contributed by atoms with E-state index in [1.807, 2.05) is 6.92 Å². The van der Waals surface area contributed by atoms with E-state index in [4.69, 9.17) is 11.6 Å². The van der Waals surface area contributed by atoms with Crippen LogP contribution in [0.1, 0.15) is 32.6 Å². The number of nitro groups is 1. The first-order valence-electron chi connectivity index (χ1n) is 9.07. The zero-order valence-corrected chi connectivity index (χ0v) is 16.9. The minimum absolute atomic E-state index is 0.00657. The van der Waals surface area contributed by atoms with E-state index in [0.29, 0.717) is 17.1 Å². The molecule has 0 amide bonds. The lowest BCUT2D eigenvalue weighted by Gasteiger charge is -2.29. The number of nitrogens with one attached hydrogen (secondary N) is 1. The van der Waals surface area contributed by atoms with E-state index in [1.54, 1.807) is 0 Å². The van der Waals surface area contributed by atoms with Crippen LogP contribution in [-0.2, 0) is 10.8 Å². The summed E-state index contributed by atoms with van der Waals surface area (Å²) in [5, 5.41) is 18.3. The van der Waals surface area contributed by atoms with Gasteiger partial charge in [0, 0.05) is 40.0 Å². The van der Waals surface area contributed by atoms with Gasteiger partial charge in [-0.25, -0.2) is 0 Å². The average molecular weight is 425 g/mol. The van der Waals surface area contributed by atoms with E-state index in [-0.39, 0.29) is 22.0 Å². The zero-order valence-electron chi connectivity index (χ0n) is 15.3. The lowest BCUT2D eigenvalue weighted by Crippen LogP contribution is -2.34. The van der Waals surface area contributed by atoms with Crippen LogP contribution < -0.4 is 10.9 Å². The summed E-state index contributed by atoms with van der Waals surface area (Å²) in [5.41, 5.74) is 0.250. The van der Waals surface area contributed by atoms with Crippen molar-refractivity contribution >= 4 is 33.8 Å². The topological polar surface area (TPSA) is 107 Å². The molecule has 3 rings (SSSR count). The molecule has 1 N–H and O–H groups in total. The molecule has 3 atom stereocenters. The van der Waals surface area contributed by atoms with E-state index in [0.717, 1.165) is 30.4 Å². The third-order valence-electron chi connectivity index (χ3n) is 4.87. The number of anilines is 1. The molecule has 1 aliphatic carbocycles. The second kappa shape index (κ2) is 8.83. The van der Waals surface area contributed by atoms with Gasteiger partial charge in [-0.05, 0) is 31.4 Å². The van der Waals surface area contributed by atoms with Gasteiger partial charge in [-0.2, -0.15) is 9.78 Å². The van der Waals surface area contributed by atoms with Gasteiger partial charge in [0.2, 0.25) is 0 Å². The number of nitro benzene ring substituents is 1. The molecule has 0 saturated heterocycles. The van der Waals surface area contributed by atoms with Gasteiger partial charge in [-0.15, -0.1) is 0 Å². The van der Waals surface area contributed by atoms with E-state index >= 15 is 0 Å². The Morgan fingerprint density at radius 1 is 1.36 bits per heavy atom. The summed E-state index contributed by atoms with van der Waals surface area (Å²) in [6, 6.07) is 5.59. The second-order valence-corrected chi connectivity index (χ2v) is 9.05. The van der Waals surface area contributed by atoms with Gasteiger partial charge in [0.1, 0.15) is 5.02 Å². The van der Waals surface area contributed by atoms with Crippen LogP contribution in [0.15, 0.2) is 35.3 Å². The summed E-state index contributed by atoms with van der Waals surface area (Å²) in [7, 11) is -0.838. The van der Waals surface area contributed by atoms with E-state index < -0.39 is 21.3 Å². The number of aromatic nitrogens is 2. The standard InChI is InChI=1S/C18H21ClN4O4S/c1-2-28(27)15-5-3-4-12(10-15)21-16-11-20-22(18(24)17(16)19)13-6-8-14(9-7-13)23(25)26/h6-9,11-12,15,21H,2-5,10H2,1H3. The molecule has 1 aromatic carbocycles. The smallest absolute Gasteiger partial charge is 0.292 e. The van der Waals surface area contributed by atoms with Gasteiger partial charge in [-0.3, -0.25) is 19.1 Å². The molecule has 1 aromatic heterocycles. The Morgan fingerprint density at radius 3 is 2.71 bits per heavy atom. The van der Waals surface area contributed by atoms with Crippen LogP contribution in [0, 0.1) is 10.1 Å². The number of hydrogen-bond donors (Lipinski definition) is 1. The third kappa shape index (κ3) is 4.41. The number of benzene rings is 1. The summed E-state index contributed by atoms with van der Waals surface area (Å²) >= 11 is 6.27. The minimum atomic E-state index is -0.838. The van der Waals surface area contributed by atoms with Gasteiger partial charge in [0.15, 0.2) is 0 Å². The first-order chi connectivity index (χ1) is 13.4. The van der Waals surface area contributed by atoms with Crippen LogP contribution in [-0.4, -0.2) is 36.0 Å². The summed E-state index contributed by atoms with van der Waals surface area (Å²) in [5.74, 6) is 0.644. The highest BCUT2D eigenvalue weighted by Crippen LogP contribution is 2.27. The number of hydrogen-bond acceptors (Lipinski definition) is 6. The highest BCUT2D eigenvalue weighted by Gasteiger charge is 2.26. The van der Waals surface area contributed by atoms with Crippen molar-refractivity contribution in [1.82, 2.24) is 9.78 Å². The Morgan fingerprint density at radius 2 is 2.07 bits per heavy atom. The molecule has 0 aliphatic heterocycles. The molecule has 28 heavy (non-hydrogen) atoms. The maximum absolute atomic E-state index is 12.6. The molecule has 150 valence electrons.